The van der Waals surface area contributed by atoms with Crippen LogP contribution < -0.4 is 15.1 Å². The van der Waals surface area contributed by atoms with Gasteiger partial charge in [0.15, 0.2) is 0 Å². The summed E-state index contributed by atoms with van der Waals surface area (Å²) in [5, 5.41) is 4.38. The molecule has 0 saturated carbocycles. The lowest BCUT2D eigenvalue weighted by Crippen LogP contribution is -2.54. The normalized spacial score (nSPS) is 14.5. The third kappa shape index (κ3) is 7.62. The molecule has 0 spiro atoms. The van der Waals surface area contributed by atoms with E-state index in [1.807, 2.05) is 97.1 Å². The Balaban J connectivity index is 1.04. The fourth-order valence-corrected chi connectivity index (χ4v) is 7.72. The summed E-state index contributed by atoms with van der Waals surface area (Å²) >= 11 is 0. The van der Waals surface area contributed by atoms with E-state index < -0.39 is 48.9 Å². The van der Waals surface area contributed by atoms with E-state index in [-0.39, 0.29) is 31.4 Å². The van der Waals surface area contributed by atoms with Gasteiger partial charge in [-0.05, 0) is 56.8 Å². The lowest BCUT2D eigenvalue weighted by atomic mass is 9.98. The van der Waals surface area contributed by atoms with Crippen LogP contribution in [0.1, 0.15) is 33.0 Å². The topological polar surface area (TPSA) is 126 Å². The highest BCUT2D eigenvalue weighted by Crippen LogP contribution is 2.44. The van der Waals surface area contributed by atoms with Crippen molar-refractivity contribution >= 4 is 51.9 Å². The summed E-state index contributed by atoms with van der Waals surface area (Å²) in [5.74, 6) is -2.52. The molecule has 8 rings (SSSR count). The fraction of sp³-hybridized carbons (Fsp3) is 0.170. The number of rotatable bonds is 10. The fourth-order valence-electron chi connectivity index (χ4n) is 7.72. The highest BCUT2D eigenvalue weighted by Gasteiger charge is 2.39. The quantitative estimate of drug-likeness (QED) is 0.150. The zero-order chi connectivity index (χ0) is 40.2. The molecular weight excluding hydrogens is 733 g/mol. The number of likely N-dealkylation sites (N-methyl/N-ethyl adjacent to an activating group) is 1. The molecule has 1 heterocycles. The predicted molar refractivity (Wildman–Crippen MR) is 220 cm³/mol. The van der Waals surface area contributed by atoms with Crippen LogP contribution in [0, 0.1) is 0 Å². The van der Waals surface area contributed by atoms with Crippen molar-refractivity contribution in [2.24, 2.45) is 0 Å². The van der Waals surface area contributed by atoms with E-state index in [9.17, 15) is 24.0 Å². The van der Waals surface area contributed by atoms with E-state index >= 15 is 0 Å². The summed E-state index contributed by atoms with van der Waals surface area (Å²) in [6.45, 7) is -1.09. The highest BCUT2D eigenvalue weighted by molar-refractivity contribution is 6.13. The maximum absolute atomic E-state index is 14.5. The Morgan fingerprint density at radius 1 is 0.707 bits per heavy atom. The standard InChI is InChI=1S/C47H40N4O7/c1-49(47(56)58-30-39-36-21-9-7-19-34(36)35-20-8-10-22-37(35)39)27-43(52)50-26-40(48-45(54)38-23-13-17-32-16-5-6-18-33(32)38)46(55)51(42-25-12-11-24-41(42)50)28-44(53)57-29-31-14-3-2-4-15-31/h2-25,39-40H,26-30H2,1H3,(H,48,54)/t40-/m0/s1. The van der Waals surface area contributed by atoms with Crippen LogP contribution in [0.25, 0.3) is 21.9 Å². The van der Waals surface area contributed by atoms with Crippen molar-refractivity contribution in [3.8, 4) is 11.1 Å². The zero-order valence-corrected chi connectivity index (χ0v) is 31.7. The SMILES string of the molecule is CN(CC(=O)N1C[C@H](NC(=O)c2cccc3ccccc23)C(=O)N(CC(=O)OCc2ccccc2)c2ccccc21)C(=O)OCC1c2ccccc2-c2ccccc21. The number of benzene rings is 6. The number of hydrogen-bond donors (Lipinski definition) is 1. The first-order valence-corrected chi connectivity index (χ1v) is 19.0. The molecule has 2 aliphatic rings. The Morgan fingerprint density at radius 3 is 2.07 bits per heavy atom. The Hall–Kier alpha value is -7.27. The van der Waals surface area contributed by atoms with Crippen LogP contribution in [0.3, 0.4) is 0 Å². The third-order valence-corrected chi connectivity index (χ3v) is 10.6. The number of hydrogen-bond acceptors (Lipinski definition) is 7. The number of amides is 4. The van der Waals surface area contributed by atoms with Crippen LogP contribution in [0.2, 0.25) is 0 Å². The number of para-hydroxylation sites is 2. The van der Waals surface area contributed by atoms with Crippen molar-refractivity contribution in [3.05, 3.63) is 168 Å². The summed E-state index contributed by atoms with van der Waals surface area (Å²) in [6.07, 6.45) is -0.696. The number of anilines is 2. The van der Waals surface area contributed by atoms with Gasteiger partial charge in [0.05, 0.1) is 17.9 Å². The van der Waals surface area contributed by atoms with Crippen molar-refractivity contribution in [2.75, 3.05) is 43.1 Å². The summed E-state index contributed by atoms with van der Waals surface area (Å²) in [5.41, 5.74) is 6.01. The predicted octanol–water partition coefficient (Wildman–Crippen LogP) is 6.94. The minimum absolute atomic E-state index is 0.00257. The van der Waals surface area contributed by atoms with E-state index in [2.05, 4.69) is 17.4 Å². The van der Waals surface area contributed by atoms with Crippen LogP contribution >= 0.6 is 0 Å². The number of fused-ring (bicyclic) bond motifs is 5. The molecule has 0 bridgehead atoms. The van der Waals surface area contributed by atoms with E-state index in [1.54, 1.807) is 36.4 Å². The Labute approximate surface area is 335 Å². The third-order valence-electron chi connectivity index (χ3n) is 10.6. The number of nitrogens with one attached hydrogen (secondary N) is 1. The molecule has 0 unspecified atom stereocenters. The first kappa shape index (κ1) is 37.6. The maximum atomic E-state index is 14.5. The molecule has 1 aliphatic carbocycles. The molecule has 58 heavy (non-hydrogen) atoms. The van der Waals surface area contributed by atoms with Gasteiger partial charge in [0.1, 0.15) is 32.3 Å². The molecule has 1 aliphatic heterocycles. The van der Waals surface area contributed by atoms with E-state index in [0.29, 0.717) is 16.6 Å². The van der Waals surface area contributed by atoms with Crippen LogP contribution in [0.4, 0.5) is 16.2 Å². The molecule has 11 nitrogen and oxygen atoms in total. The van der Waals surface area contributed by atoms with Gasteiger partial charge in [-0.3, -0.25) is 24.1 Å². The number of ether oxygens (including phenoxy) is 2. The van der Waals surface area contributed by atoms with Crippen molar-refractivity contribution in [1.82, 2.24) is 10.2 Å². The van der Waals surface area contributed by atoms with E-state index in [4.69, 9.17) is 9.47 Å². The van der Waals surface area contributed by atoms with Crippen LogP contribution in [0.15, 0.2) is 146 Å². The van der Waals surface area contributed by atoms with Gasteiger partial charge in [0.2, 0.25) is 5.91 Å². The lowest BCUT2D eigenvalue weighted by molar-refractivity contribution is -0.144. The van der Waals surface area contributed by atoms with Gasteiger partial charge in [0.25, 0.3) is 11.8 Å². The van der Waals surface area contributed by atoms with Crippen molar-refractivity contribution in [1.29, 1.82) is 0 Å². The van der Waals surface area contributed by atoms with Gasteiger partial charge < -0.3 is 24.6 Å². The Morgan fingerprint density at radius 2 is 1.33 bits per heavy atom. The Kier molecular flexibility index (Phi) is 10.7. The van der Waals surface area contributed by atoms with E-state index in [1.165, 1.54) is 21.7 Å². The molecule has 0 aromatic heterocycles. The number of carbonyl (C=O) groups excluding carboxylic acids is 5. The van der Waals surface area contributed by atoms with Gasteiger partial charge in [0, 0.05) is 18.5 Å². The van der Waals surface area contributed by atoms with Gasteiger partial charge in [-0.25, -0.2) is 4.79 Å². The second kappa shape index (κ2) is 16.4. The summed E-state index contributed by atoms with van der Waals surface area (Å²) in [4.78, 5) is 73.4. The van der Waals surface area contributed by atoms with Crippen LogP contribution in [-0.4, -0.2) is 74.0 Å². The molecule has 290 valence electrons. The first-order valence-electron chi connectivity index (χ1n) is 19.0. The molecule has 0 fully saturated rings. The van der Waals surface area contributed by atoms with Gasteiger partial charge >= 0.3 is 12.1 Å². The average molecular weight is 773 g/mol. The van der Waals surface area contributed by atoms with Crippen molar-refractivity contribution < 1.29 is 33.4 Å². The van der Waals surface area contributed by atoms with Crippen LogP contribution in [0.5, 0.6) is 0 Å². The summed E-state index contributed by atoms with van der Waals surface area (Å²) in [6, 6.07) is 43.3. The molecular formula is C47H40N4O7. The molecule has 6 aromatic rings. The zero-order valence-electron chi connectivity index (χ0n) is 31.7. The number of nitrogens with zero attached hydrogens (tertiary/aromatic N) is 3. The minimum atomic E-state index is -1.29. The molecule has 1 atom stereocenters. The van der Waals surface area contributed by atoms with Gasteiger partial charge in [-0.1, -0.05) is 127 Å². The van der Waals surface area contributed by atoms with E-state index in [0.717, 1.165) is 33.2 Å². The maximum Gasteiger partial charge on any atom is 0.409 e. The molecule has 0 radical (unpaired) electrons. The smallest absolute Gasteiger partial charge is 0.409 e. The first-order chi connectivity index (χ1) is 28.3. The lowest BCUT2D eigenvalue weighted by Gasteiger charge is -2.27. The van der Waals surface area contributed by atoms with Gasteiger partial charge in [-0.15, -0.1) is 0 Å². The number of esters is 1. The van der Waals surface area contributed by atoms with Gasteiger partial charge in [-0.2, -0.15) is 0 Å². The van der Waals surface area contributed by atoms with Crippen molar-refractivity contribution in [2.45, 2.75) is 18.6 Å². The molecule has 1 N–H and O–H groups in total. The second-order valence-corrected chi connectivity index (χ2v) is 14.3. The monoisotopic (exact) mass is 772 g/mol. The summed E-state index contributed by atoms with van der Waals surface area (Å²) < 4.78 is 11.4. The molecule has 0 saturated heterocycles. The number of carbonyl (C=O) groups is 5. The molecule has 11 heteroatoms. The van der Waals surface area contributed by atoms with Crippen molar-refractivity contribution in [3.63, 3.8) is 0 Å². The average Bonchev–Trinajstić information content (AvgIpc) is 3.52. The second-order valence-electron chi connectivity index (χ2n) is 14.3. The molecule has 4 amide bonds. The minimum Gasteiger partial charge on any atom is -0.459 e. The Bertz CT molecular complexity index is 2490. The largest absolute Gasteiger partial charge is 0.459 e. The van der Waals surface area contributed by atoms with Crippen LogP contribution in [-0.2, 0) is 30.5 Å². The molecule has 6 aromatic carbocycles. The highest BCUT2D eigenvalue weighted by atomic mass is 16.6. The summed E-state index contributed by atoms with van der Waals surface area (Å²) in [7, 11) is 1.47.